The molecule has 176 valence electrons. The minimum absolute atomic E-state index is 0.207. The fourth-order valence-electron chi connectivity index (χ4n) is 4.05. The first kappa shape index (κ1) is 26.0. The molecule has 3 heteroatoms. The molecule has 0 saturated heterocycles. The van der Waals surface area contributed by atoms with Gasteiger partial charge in [-0.25, -0.2) is 0 Å². The monoisotopic (exact) mass is 438 g/mol. The van der Waals surface area contributed by atoms with Crippen molar-refractivity contribution in [3.05, 3.63) is 59.7 Å². The fourth-order valence-corrected chi connectivity index (χ4v) is 4.05. The van der Waals surface area contributed by atoms with Gasteiger partial charge in [-0.3, -0.25) is 4.79 Å². The van der Waals surface area contributed by atoms with E-state index in [0.717, 1.165) is 24.0 Å². The van der Waals surface area contributed by atoms with Gasteiger partial charge in [0.05, 0.1) is 0 Å². The average molecular weight is 439 g/mol. The Morgan fingerprint density at radius 2 is 1.38 bits per heavy atom. The highest BCUT2D eigenvalue weighted by Gasteiger charge is 2.12. The minimum Gasteiger partial charge on any atom is -0.508 e. The zero-order valence-electron chi connectivity index (χ0n) is 20.0. The Morgan fingerprint density at radius 3 is 2.03 bits per heavy atom. The number of phenolic OH excluding ortho intramolecular Hbond substituents is 1. The van der Waals surface area contributed by atoms with Crippen LogP contribution in [-0.2, 0) is 17.8 Å². The molecular weight excluding hydrogens is 396 g/mol. The molecule has 0 heterocycles. The molecule has 0 unspecified atom stereocenters. The van der Waals surface area contributed by atoms with E-state index in [1.807, 2.05) is 36.4 Å². The highest BCUT2D eigenvalue weighted by Crippen LogP contribution is 2.29. The van der Waals surface area contributed by atoms with Crippen molar-refractivity contribution >= 4 is 5.78 Å². The van der Waals surface area contributed by atoms with Crippen LogP contribution in [0.3, 0.4) is 0 Å². The summed E-state index contributed by atoms with van der Waals surface area (Å²) in [4.78, 5) is 12.4. The topological polar surface area (TPSA) is 46.5 Å². The molecule has 0 aromatic heterocycles. The van der Waals surface area contributed by atoms with Crippen LogP contribution in [0.2, 0.25) is 0 Å². The predicted octanol–water partition coefficient (Wildman–Crippen LogP) is 8.17. The van der Waals surface area contributed by atoms with E-state index in [2.05, 4.69) is 6.92 Å². The van der Waals surface area contributed by atoms with Crippen LogP contribution in [0.15, 0.2) is 48.5 Å². The number of benzene rings is 2. The number of carbonyl (C=O) groups excluding carboxylic acids is 1. The van der Waals surface area contributed by atoms with Crippen molar-refractivity contribution < 1.29 is 14.6 Å². The van der Waals surface area contributed by atoms with E-state index in [1.54, 1.807) is 12.1 Å². The zero-order chi connectivity index (χ0) is 22.9. The van der Waals surface area contributed by atoms with Crippen LogP contribution in [0.25, 0.3) is 0 Å². The van der Waals surface area contributed by atoms with E-state index in [1.165, 1.54) is 57.8 Å². The van der Waals surface area contributed by atoms with Crippen molar-refractivity contribution in [2.45, 2.75) is 103 Å². The molecule has 0 fully saturated rings. The molecule has 2 rings (SSSR count). The van der Waals surface area contributed by atoms with Crippen LogP contribution in [-0.4, -0.2) is 10.9 Å². The van der Waals surface area contributed by atoms with E-state index in [9.17, 15) is 9.90 Å². The summed E-state index contributed by atoms with van der Waals surface area (Å²) in [5.74, 6) is 1.15. The lowest BCUT2D eigenvalue weighted by molar-refractivity contribution is -0.119. The Kier molecular flexibility index (Phi) is 13.3. The summed E-state index contributed by atoms with van der Waals surface area (Å²) in [6.45, 7) is 2.71. The summed E-state index contributed by atoms with van der Waals surface area (Å²) in [7, 11) is 0. The maximum Gasteiger partial charge on any atom is 0.133 e. The van der Waals surface area contributed by atoms with Crippen LogP contribution in [0.4, 0.5) is 0 Å². The normalized spacial score (nSPS) is 10.9. The first-order chi connectivity index (χ1) is 15.7. The fraction of sp³-hybridized carbons (Fsp3) is 0.552. The molecule has 2 aromatic rings. The summed E-state index contributed by atoms with van der Waals surface area (Å²) in [5.41, 5.74) is 1.81. The molecule has 0 spiro atoms. The Morgan fingerprint density at radius 1 is 0.750 bits per heavy atom. The molecule has 3 nitrogen and oxygen atoms in total. The van der Waals surface area contributed by atoms with Gasteiger partial charge in [0.15, 0.2) is 0 Å². The lowest BCUT2D eigenvalue weighted by Crippen LogP contribution is -2.03. The molecular formula is C29H42O3. The number of Topliss-reactive ketones (excluding diaryl/α,β-unsaturated/α-hetero) is 1. The first-order valence-corrected chi connectivity index (χ1v) is 12.7. The maximum absolute atomic E-state index is 12.4. The third-order valence-electron chi connectivity index (χ3n) is 6.06. The van der Waals surface area contributed by atoms with E-state index in [4.69, 9.17) is 4.74 Å². The van der Waals surface area contributed by atoms with E-state index in [-0.39, 0.29) is 11.5 Å². The molecule has 0 radical (unpaired) electrons. The largest absolute Gasteiger partial charge is 0.508 e. The number of ether oxygens (including phenoxy) is 1. The average Bonchev–Trinajstić information content (AvgIpc) is 2.81. The molecule has 0 saturated carbocycles. The summed E-state index contributed by atoms with van der Waals surface area (Å²) in [6.07, 6.45) is 15.8. The third kappa shape index (κ3) is 10.8. The summed E-state index contributed by atoms with van der Waals surface area (Å²) >= 11 is 0. The van der Waals surface area contributed by atoms with Crippen molar-refractivity contribution in [1.82, 2.24) is 0 Å². The summed E-state index contributed by atoms with van der Waals surface area (Å²) < 4.78 is 5.94. The maximum atomic E-state index is 12.4. The third-order valence-corrected chi connectivity index (χ3v) is 6.06. The number of carbonyl (C=O) groups is 1. The van der Waals surface area contributed by atoms with E-state index >= 15 is 0 Å². The molecule has 2 aromatic carbocycles. The number of hydrogen-bond acceptors (Lipinski definition) is 3. The standard InChI is InChI=1S/C29H42O3/c1-2-3-4-5-6-7-8-9-10-11-15-19-26(30)22-23-27-28(31)20-16-21-29(27)32-24-25-17-13-12-14-18-25/h12-14,16-18,20-21,31H,2-11,15,19,22-24H2,1H3. The Hall–Kier alpha value is -2.29. The molecule has 1 N–H and O–H groups in total. The van der Waals surface area contributed by atoms with Crippen LogP contribution in [0.1, 0.15) is 102 Å². The Balaban J connectivity index is 1.60. The second kappa shape index (κ2) is 16.4. The van der Waals surface area contributed by atoms with Gasteiger partial charge in [0, 0.05) is 18.4 Å². The highest BCUT2D eigenvalue weighted by molar-refractivity contribution is 5.78. The lowest BCUT2D eigenvalue weighted by atomic mass is 10.0. The molecule has 32 heavy (non-hydrogen) atoms. The van der Waals surface area contributed by atoms with Gasteiger partial charge in [-0.05, 0) is 30.5 Å². The Labute approximate surface area is 195 Å². The van der Waals surface area contributed by atoms with Crippen LogP contribution in [0, 0.1) is 0 Å². The highest BCUT2D eigenvalue weighted by atomic mass is 16.5. The number of phenols is 1. The van der Waals surface area contributed by atoms with Crippen molar-refractivity contribution in [3.8, 4) is 11.5 Å². The SMILES string of the molecule is CCCCCCCCCCCCCC(=O)CCc1c(O)cccc1OCc1ccccc1. The van der Waals surface area contributed by atoms with Crippen molar-refractivity contribution in [1.29, 1.82) is 0 Å². The molecule has 0 aliphatic heterocycles. The molecule has 0 aliphatic rings. The predicted molar refractivity (Wildman–Crippen MR) is 133 cm³/mol. The minimum atomic E-state index is 0.207. The van der Waals surface area contributed by atoms with Gasteiger partial charge in [0.25, 0.3) is 0 Å². The van der Waals surface area contributed by atoms with Crippen molar-refractivity contribution in [2.75, 3.05) is 0 Å². The number of hydrogen-bond donors (Lipinski definition) is 1. The van der Waals surface area contributed by atoms with Crippen LogP contribution in [0.5, 0.6) is 11.5 Å². The van der Waals surface area contributed by atoms with Crippen molar-refractivity contribution in [2.24, 2.45) is 0 Å². The van der Waals surface area contributed by atoms with Gasteiger partial charge >= 0.3 is 0 Å². The lowest BCUT2D eigenvalue weighted by Gasteiger charge is -2.13. The number of rotatable bonds is 18. The summed E-state index contributed by atoms with van der Waals surface area (Å²) in [6, 6.07) is 15.3. The molecule has 0 amide bonds. The van der Waals surface area contributed by atoms with E-state index < -0.39 is 0 Å². The quantitative estimate of drug-likeness (QED) is 0.239. The van der Waals surface area contributed by atoms with Gasteiger partial charge < -0.3 is 9.84 Å². The Bertz CT molecular complexity index is 754. The van der Waals surface area contributed by atoms with Gasteiger partial charge in [-0.1, -0.05) is 108 Å². The van der Waals surface area contributed by atoms with E-state index in [0.29, 0.717) is 31.6 Å². The molecule has 0 bridgehead atoms. The van der Waals surface area contributed by atoms with Crippen LogP contribution < -0.4 is 4.74 Å². The number of ketones is 1. The number of aromatic hydroxyl groups is 1. The van der Waals surface area contributed by atoms with Gasteiger partial charge in [0.2, 0.25) is 0 Å². The summed E-state index contributed by atoms with van der Waals surface area (Å²) in [5, 5.41) is 10.3. The zero-order valence-corrected chi connectivity index (χ0v) is 20.0. The first-order valence-electron chi connectivity index (χ1n) is 12.7. The molecule has 0 aliphatic carbocycles. The number of unbranched alkanes of at least 4 members (excludes halogenated alkanes) is 10. The second-order valence-corrected chi connectivity index (χ2v) is 8.85. The van der Waals surface area contributed by atoms with Gasteiger partial charge in [-0.15, -0.1) is 0 Å². The van der Waals surface area contributed by atoms with Gasteiger partial charge in [-0.2, -0.15) is 0 Å². The smallest absolute Gasteiger partial charge is 0.133 e. The van der Waals surface area contributed by atoms with Crippen LogP contribution >= 0.6 is 0 Å². The molecule has 0 atom stereocenters. The van der Waals surface area contributed by atoms with Crippen molar-refractivity contribution in [3.63, 3.8) is 0 Å². The van der Waals surface area contributed by atoms with Gasteiger partial charge in [0.1, 0.15) is 23.9 Å². The second-order valence-electron chi connectivity index (χ2n) is 8.85.